The predicted octanol–water partition coefficient (Wildman–Crippen LogP) is 1.42. The lowest BCUT2D eigenvalue weighted by Gasteiger charge is -2.06. The molecule has 0 spiro atoms. The highest BCUT2D eigenvalue weighted by Crippen LogP contribution is 2.13. The average molecular weight is 192 g/mol. The van der Waals surface area contributed by atoms with Gasteiger partial charge in [-0.1, -0.05) is 12.1 Å². The van der Waals surface area contributed by atoms with Crippen LogP contribution in [0.5, 0.6) is 5.75 Å². The molecule has 3 N–H and O–H groups in total. The lowest BCUT2D eigenvalue weighted by Crippen LogP contribution is -2.20. The molecule has 3 heteroatoms. The van der Waals surface area contributed by atoms with Crippen LogP contribution >= 0.6 is 0 Å². The van der Waals surface area contributed by atoms with Crippen LogP contribution in [0.4, 0.5) is 5.69 Å². The van der Waals surface area contributed by atoms with Gasteiger partial charge in [-0.3, -0.25) is 0 Å². The van der Waals surface area contributed by atoms with Crippen LogP contribution in [-0.2, 0) is 0 Å². The summed E-state index contributed by atoms with van der Waals surface area (Å²) >= 11 is 0. The molecule has 76 valence electrons. The number of rotatable bonds is 6. The highest BCUT2D eigenvalue weighted by Gasteiger charge is 1.92. The fourth-order valence-electron chi connectivity index (χ4n) is 1.05. The molecule has 1 aromatic rings. The molecule has 0 unspecified atom stereocenters. The van der Waals surface area contributed by atoms with Gasteiger partial charge in [-0.2, -0.15) is 0 Å². The van der Waals surface area contributed by atoms with Gasteiger partial charge in [0, 0.05) is 24.8 Å². The van der Waals surface area contributed by atoms with Crippen molar-refractivity contribution in [3.05, 3.63) is 36.9 Å². The topological polar surface area (TPSA) is 47.3 Å². The summed E-state index contributed by atoms with van der Waals surface area (Å²) in [6.07, 6.45) is 1.82. The second-order valence-electron chi connectivity index (χ2n) is 2.91. The van der Waals surface area contributed by atoms with E-state index in [0.29, 0.717) is 6.61 Å². The molecule has 3 nitrogen and oxygen atoms in total. The van der Waals surface area contributed by atoms with Crippen molar-refractivity contribution in [1.29, 1.82) is 0 Å². The maximum atomic E-state index is 5.60. The number of hydrogen-bond acceptors (Lipinski definition) is 3. The molecule has 0 aliphatic heterocycles. The van der Waals surface area contributed by atoms with Crippen molar-refractivity contribution >= 4 is 5.69 Å². The predicted molar refractivity (Wildman–Crippen MR) is 59.4 cm³/mol. The third kappa shape index (κ3) is 3.96. The van der Waals surface area contributed by atoms with E-state index in [-0.39, 0.29) is 0 Å². The lowest BCUT2D eigenvalue weighted by atomic mass is 10.3. The summed E-state index contributed by atoms with van der Waals surface area (Å²) in [6, 6.07) is 7.42. The van der Waals surface area contributed by atoms with Crippen LogP contribution < -0.4 is 15.8 Å². The number of nitrogen functional groups attached to an aromatic ring is 1. The Hall–Kier alpha value is -1.48. The molecule has 0 saturated carbocycles. The number of nitrogens with two attached hydrogens (primary N) is 1. The highest BCUT2D eigenvalue weighted by atomic mass is 16.5. The molecule has 0 saturated heterocycles. The number of nitrogens with one attached hydrogen (secondary N) is 1. The Labute approximate surface area is 84.6 Å². The van der Waals surface area contributed by atoms with E-state index in [0.717, 1.165) is 24.5 Å². The lowest BCUT2D eigenvalue weighted by molar-refractivity contribution is 0.316. The maximum Gasteiger partial charge on any atom is 0.121 e. The quantitative estimate of drug-likeness (QED) is 0.407. The fourth-order valence-corrected chi connectivity index (χ4v) is 1.05. The van der Waals surface area contributed by atoms with Crippen LogP contribution in [0.1, 0.15) is 0 Å². The van der Waals surface area contributed by atoms with E-state index in [4.69, 9.17) is 10.5 Å². The second-order valence-corrected chi connectivity index (χ2v) is 2.91. The van der Waals surface area contributed by atoms with Crippen LogP contribution in [0, 0.1) is 0 Å². The molecule has 0 bridgehead atoms. The minimum Gasteiger partial charge on any atom is -0.492 e. The molecule has 0 aliphatic carbocycles. The van der Waals surface area contributed by atoms with Crippen molar-refractivity contribution in [1.82, 2.24) is 5.32 Å². The van der Waals surface area contributed by atoms with E-state index in [1.165, 1.54) is 0 Å². The van der Waals surface area contributed by atoms with Crippen molar-refractivity contribution < 1.29 is 4.74 Å². The van der Waals surface area contributed by atoms with E-state index in [1.54, 1.807) is 0 Å². The van der Waals surface area contributed by atoms with Gasteiger partial charge in [-0.15, -0.1) is 6.58 Å². The first-order valence-corrected chi connectivity index (χ1v) is 4.63. The van der Waals surface area contributed by atoms with Gasteiger partial charge < -0.3 is 15.8 Å². The summed E-state index contributed by atoms with van der Waals surface area (Å²) in [5.41, 5.74) is 6.33. The Bertz CT molecular complexity index is 286. The summed E-state index contributed by atoms with van der Waals surface area (Å²) in [7, 11) is 0. The van der Waals surface area contributed by atoms with Gasteiger partial charge in [0.1, 0.15) is 12.4 Å². The van der Waals surface area contributed by atoms with E-state index in [2.05, 4.69) is 11.9 Å². The normalized spacial score (nSPS) is 9.71. The molecule has 0 atom stereocenters. The number of benzene rings is 1. The molecule has 14 heavy (non-hydrogen) atoms. The summed E-state index contributed by atoms with van der Waals surface area (Å²) in [4.78, 5) is 0. The van der Waals surface area contributed by atoms with E-state index < -0.39 is 0 Å². The van der Waals surface area contributed by atoms with Crippen molar-refractivity contribution in [2.75, 3.05) is 25.4 Å². The Balaban J connectivity index is 2.21. The van der Waals surface area contributed by atoms with Crippen molar-refractivity contribution in [3.8, 4) is 5.75 Å². The largest absolute Gasteiger partial charge is 0.492 e. The Morgan fingerprint density at radius 3 is 3.07 bits per heavy atom. The molecule has 0 radical (unpaired) electrons. The second kappa shape index (κ2) is 6.05. The molecule has 1 aromatic carbocycles. The van der Waals surface area contributed by atoms with Crippen LogP contribution in [0.2, 0.25) is 0 Å². The Kier molecular flexibility index (Phi) is 4.58. The van der Waals surface area contributed by atoms with Crippen LogP contribution in [0.15, 0.2) is 36.9 Å². The standard InChI is InChI=1S/C11H16N2O/c1-2-6-13-7-8-14-11-5-3-4-10(12)9-11/h2-5,9,13H,1,6-8,12H2. The summed E-state index contributed by atoms with van der Waals surface area (Å²) in [5, 5.41) is 3.15. The fraction of sp³-hybridized carbons (Fsp3) is 0.273. The average Bonchev–Trinajstić information content (AvgIpc) is 2.18. The first kappa shape index (κ1) is 10.6. The number of anilines is 1. The summed E-state index contributed by atoms with van der Waals surface area (Å²) in [6.45, 7) is 5.86. The molecule has 0 amide bonds. The highest BCUT2D eigenvalue weighted by molar-refractivity contribution is 5.43. The SMILES string of the molecule is C=CCNCCOc1cccc(N)c1. The van der Waals surface area contributed by atoms with E-state index in [1.807, 2.05) is 30.3 Å². The van der Waals surface area contributed by atoms with Crippen LogP contribution in [0.3, 0.4) is 0 Å². The molecule has 0 heterocycles. The third-order valence-corrected chi connectivity index (χ3v) is 1.69. The monoisotopic (exact) mass is 192 g/mol. The summed E-state index contributed by atoms with van der Waals surface area (Å²) < 4.78 is 5.46. The van der Waals surface area contributed by atoms with Gasteiger partial charge in [0.2, 0.25) is 0 Å². The van der Waals surface area contributed by atoms with Crippen molar-refractivity contribution in [2.45, 2.75) is 0 Å². The first-order valence-electron chi connectivity index (χ1n) is 4.63. The molecule has 0 fully saturated rings. The first-order chi connectivity index (χ1) is 6.83. The molecule has 0 aromatic heterocycles. The molecule has 0 aliphatic rings. The van der Waals surface area contributed by atoms with Crippen molar-refractivity contribution in [2.24, 2.45) is 0 Å². The van der Waals surface area contributed by atoms with Crippen molar-refractivity contribution in [3.63, 3.8) is 0 Å². The third-order valence-electron chi connectivity index (χ3n) is 1.69. The van der Waals surface area contributed by atoms with Gasteiger partial charge in [0.25, 0.3) is 0 Å². The minimum absolute atomic E-state index is 0.636. The van der Waals surface area contributed by atoms with E-state index >= 15 is 0 Å². The van der Waals surface area contributed by atoms with E-state index in [9.17, 15) is 0 Å². The Morgan fingerprint density at radius 2 is 2.36 bits per heavy atom. The molecular formula is C11H16N2O. The van der Waals surface area contributed by atoms with Crippen LogP contribution in [-0.4, -0.2) is 19.7 Å². The minimum atomic E-state index is 0.636. The Morgan fingerprint density at radius 1 is 1.50 bits per heavy atom. The zero-order chi connectivity index (χ0) is 10.2. The van der Waals surface area contributed by atoms with Gasteiger partial charge in [-0.05, 0) is 12.1 Å². The molecular weight excluding hydrogens is 176 g/mol. The smallest absolute Gasteiger partial charge is 0.121 e. The number of ether oxygens (including phenoxy) is 1. The van der Waals surface area contributed by atoms with Gasteiger partial charge in [0.15, 0.2) is 0 Å². The van der Waals surface area contributed by atoms with Crippen LogP contribution in [0.25, 0.3) is 0 Å². The van der Waals surface area contributed by atoms with Gasteiger partial charge in [-0.25, -0.2) is 0 Å². The zero-order valence-electron chi connectivity index (χ0n) is 8.20. The maximum absolute atomic E-state index is 5.60. The zero-order valence-corrected chi connectivity index (χ0v) is 8.20. The number of hydrogen-bond donors (Lipinski definition) is 2. The van der Waals surface area contributed by atoms with Gasteiger partial charge in [0.05, 0.1) is 0 Å². The molecule has 1 rings (SSSR count). The summed E-state index contributed by atoms with van der Waals surface area (Å²) in [5.74, 6) is 0.811. The van der Waals surface area contributed by atoms with Gasteiger partial charge >= 0.3 is 0 Å².